The van der Waals surface area contributed by atoms with Crippen LogP contribution in [0.5, 0.6) is 0 Å². The number of nitrogen functional groups attached to an aromatic ring is 1. The second kappa shape index (κ2) is 7.17. The topological polar surface area (TPSA) is 127 Å². The Labute approximate surface area is 119 Å². The lowest BCUT2D eigenvalue weighted by atomic mass is 10.1. The molecule has 0 saturated heterocycles. The molecular formula is C12H15FN4O4. The van der Waals surface area contributed by atoms with Crippen LogP contribution < -0.4 is 16.4 Å². The number of rotatable bonds is 6. The van der Waals surface area contributed by atoms with Gasteiger partial charge in [0.15, 0.2) is 0 Å². The average molecular weight is 298 g/mol. The van der Waals surface area contributed by atoms with E-state index in [9.17, 15) is 24.1 Å². The summed E-state index contributed by atoms with van der Waals surface area (Å²) in [7, 11) is 0. The van der Waals surface area contributed by atoms with E-state index in [2.05, 4.69) is 10.6 Å². The van der Waals surface area contributed by atoms with Crippen LogP contribution in [0.4, 0.5) is 15.8 Å². The Morgan fingerprint density at radius 2 is 2.05 bits per heavy atom. The molecule has 1 aromatic rings. The van der Waals surface area contributed by atoms with Gasteiger partial charge < -0.3 is 16.4 Å². The van der Waals surface area contributed by atoms with Gasteiger partial charge in [-0.15, -0.1) is 0 Å². The van der Waals surface area contributed by atoms with Crippen LogP contribution in [0.2, 0.25) is 0 Å². The van der Waals surface area contributed by atoms with Crippen molar-refractivity contribution in [3.8, 4) is 0 Å². The molecule has 1 aromatic carbocycles. The zero-order valence-electron chi connectivity index (χ0n) is 11.3. The number of carbonyl (C=O) groups is 2. The van der Waals surface area contributed by atoms with Gasteiger partial charge in [0.25, 0.3) is 11.6 Å². The molecule has 0 unspecified atom stereocenters. The highest BCUT2D eigenvalue weighted by atomic mass is 19.1. The Morgan fingerprint density at radius 1 is 1.38 bits per heavy atom. The van der Waals surface area contributed by atoms with E-state index in [-0.39, 0.29) is 18.9 Å². The first-order valence-corrected chi connectivity index (χ1v) is 6.15. The van der Waals surface area contributed by atoms with Gasteiger partial charge in [-0.1, -0.05) is 0 Å². The maximum atomic E-state index is 13.6. The van der Waals surface area contributed by atoms with Gasteiger partial charge in [0.2, 0.25) is 5.91 Å². The number of nitro groups is 1. The number of nitrogens with zero attached hydrogens (tertiary/aromatic N) is 1. The molecule has 0 spiro atoms. The molecule has 0 heterocycles. The fourth-order valence-corrected chi connectivity index (χ4v) is 1.64. The first kappa shape index (κ1) is 16.3. The van der Waals surface area contributed by atoms with Crippen molar-refractivity contribution in [3.05, 3.63) is 33.6 Å². The molecule has 8 nitrogen and oxygen atoms in total. The number of halogens is 1. The third-order valence-electron chi connectivity index (χ3n) is 2.61. The predicted octanol–water partition coefficient (Wildman–Crippen LogP) is 0.572. The van der Waals surface area contributed by atoms with E-state index in [1.807, 2.05) is 0 Å². The van der Waals surface area contributed by atoms with E-state index in [0.29, 0.717) is 6.54 Å². The van der Waals surface area contributed by atoms with Crippen molar-refractivity contribution in [2.24, 2.45) is 0 Å². The summed E-state index contributed by atoms with van der Waals surface area (Å²) < 4.78 is 13.6. The molecule has 2 amide bonds. The van der Waals surface area contributed by atoms with Gasteiger partial charge in [-0.2, -0.15) is 0 Å². The van der Waals surface area contributed by atoms with E-state index in [1.165, 1.54) is 0 Å². The van der Waals surface area contributed by atoms with Gasteiger partial charge in [0.05, 0.1) is 4.92 Å². The minimum atomic E-state index is -0.964. The van der Waals surface area contributed by atoms with Crippen molar-refractivity contribution >= 4 is 23.2 Å². The van der Waals surface area contributed by atoms with Crippen LogP contribution in [-0.2, 0) is 4.79 Å². The lowest BCUT2D eigenvalue weighted by Crippen LogP contribution is -2.31. The van der Waals surface area contributed by atoms with Crippen LogP contribution in [-0.4, -0.2) is 29.8 Å². The van der Waals surface area contributed by atoms with Crippen molar-refractivity contribution in [2.45, 2.75) is 13.3 Å². The van der Waals surface area contributed by atoms with Crippen molar-refractivity contribution in [3.63, 3.8) is 0 Å². The molecule has 9 heteroatoms. The first-order valence-electron chi connectivity index (χ1n) is 6.15. The molecule has 0 radical (unpaired) electrons. The Balaban J connectivity index is 2.81. The van der Waals surface area contributed by atoms with Crippen molar-refractivity contribution in [1.29, 1.82) is 0 Å². The number of nitrogens with two attached hydrogens (primary N) is 1. The van der Waals surface area contributed by atoms with E-state index in [0.717, 1.165) is 12.1 Å². The van der Waals surface area contributed by atoms with E-state index in [4.69, 9.17) is 5.73 Å². The smallest absolute Gasteiger partial charge is 0.293 e. The third-order valence-corrected chi connectivity index (χ3v) is 2.61. The summed E-state index contributed by atoms with van der Waals surface area (Å²) in [5.74, 6) is -2.14. The summed E-state index contributed by atoms with van der Waals surface area (Å²) in [4.78, 5) is 32.9. The van der Waals surface area contributed by atoms with Gasteiger partial charge in [0.1, 0.15) is 17.1 Å². The van der Waals surface area contributed by atoms with Crippen LogP contribution in [0.15, 0.2) is 12.1 Å². The Hall–Kier alpha value is -2.71. The van der Waals surface area contributed by atoms with E-state index < -0.39 is 33.6 Å². The molecule has 0 saturated carbocycles. The molecule has 1 rings (SSSR count). The standard InChI is InChI=1S/C12H15FN4O4/c1-2-15-9(18)5-6-16-12(19)10-7(13)3-4-8(11(10)14)17(20)21/h3-4H,2,5-6,14H2,1H3,(H,15,18)(H,16,19). The minimum Gasteiger partial charge on any atom is -0.392 e. The number of carbonyl (C=O) groups excluding carboxylic acids is 2. The largest absolute Gasteiger partial charge is 0.392 e. The van der Waals surface area contributed by atoms with Crippen LogP contribution in [0.3, 0.4) is 0 Å². The van der Waals surface area contributed by atoms with Gasteiger partial charge >= 0.3 is 0 Å². The molecule has 0 bridgehead atoms. The summed E-state index contributed by atoms with van der Waals surface area (Å²) in [6.07, 6.45) is 0.00995. The van der Waals surface area contributed by atoms with Crippen molar-refractivity contribution in [1.82, 2.24) is 10.6 Å². The summed E-state index contributed by atoms with van der Waals surface area (Å²) in [5.41, 5.74) is 3.75. The second-order valence-corrected chi connectivity index (χ2v) is 4.07. The number of anilines is 1. The normalized spacial score (nSPS) is 10.0. The lowest BCUT2D eigenvalue weighted by molar-refractivity contribution is -0.384. The molecule has 0 atom stereocenters. The summed E-state index contributed by atoms with van der Waals surface area (Å²) in [5, 5.41) is 15.5. The molecule has 0 aliphatic rings. The zero-order chi connectivity index (χ0) is 16.0. The van der Waals surface area contributed by atoms with Crippen molar-refractivity contribution in [2.75, 3.05) is 18.8 Å². The summed E-state index contributed by atoms with van der Waals surface area (Å²) in [6, 6.07) is 1.68. The van der Waals surface area contributed by atoms with Crippen LogP contribution >= 0.6 is 0 Å². The van der Waals surface area contributed by atoms with Crippen LogP contribution in [0, 0.1) is 15.9 Å². The highest BCUT2D eigenvalue weighted by Gasteiger charge is 2.23. The monoisotopic (exact) mass is 298 g/mol. The SMILES string of the molecule is CCNC(=O)CCNC(=O)c1c(F)ccc([N+](=O)[O-])c1N. The number of benzene rings is 1. The number of nitro benzene ring substituents is 1. The van der Waals surface area contributed by atoms with Crippen LogP contribution in [0.1, 0.15) is 23.7 Å². The lowest BCUT2D eigenvalue weighted by Gasteiger charge is -2.08. The summed E-state index contributed by atoms with van der Waals surface area (Å²) in [6.45, 7) is 2.17. The molecule has 0 aliphatic heterocycles. The molecule has 0 fully saturated rings. The Kier molecular flexibility index (Phi) is 5.58. The quantitative estimate of drug-likeness (QED) is 0.402. The molecule has 0 aromatic heterocycles. The third kappa shape index (κ3) is 4.13. The Bertz CT molecular complexity index is 577. The zero-order valence-corrected chi connectivity index (χ0v) is 11.3. The highest BCUT2D eigenvalue weighted by molar-refractivity contribution is 6.01. The van der Waals surface area contributed by atoms with Gasteiger partial charge in [-0.05, 0) is 13.0 Å². The first-order chi connectivity index (χ1) is 9.88. The van der Waals surface area contributed by atoms with E-state index in [1.54, 1.807) is 6.92 Å². The molecule has 21 heavy (non-hydrogen) atoms. The van der Waals surface area contributed by atoms with Gasteiger partial charge in [-0.3, -0.25) is 19.7 Å². The molecule has 0 aliphatic carbocycles. The van der Waals surface area contributed by atoms with Gasteiger partial charge in [-0.25, -0.2) is 4.39 Å². The minimum absolute atomic E-state index is 0.00995. The number of hydrogen-bond acceptors (Lipinski definition) is 5. The molecule has 4 N–H and O–H groups in total. The maximum absolute atomic E-state index is 13.6. The number of hydrogen-bond donors (Lipinski definition) is 3. The predicted molar refractivity (Wildman–Crippen MR) is 73.1 cm³/mol. The Morgan fingerprint density at radius 3 is 2.62 bits per heavy atom. The van der Waals surface area contributed by atoms with E-state index >= 15 is 0 Å². The summed E-state index contributed by atoms with van der Waals surface area (Å²) >= 11 is 0. The molecular weight excluding hydrogens is 283 g/mol. The van der Waals surface area contributed by atoms with Crippen molar-refractivity contribution < 1.29 is 18.9 Å². The van der Waals surface area contributed by atoms with Crippen LogP contribution in [0.25, 0.3) is 0 Å². The number of amides is 2. The fourth-order valence-electron chi connectivity index (χ4n) is 1.64. The molecule has 114 valence electrons. The maximum Gasteiger partial charge on any atom is 0.293 e. The average Bonchev–Trinajstić information content (AvgIpc) is 2.38. The second-order valence-electron chi connectivity index (χ2n) is 4.07. The van der Waals surface area contributed by atoms with Gasteiger partial charge in [0, 0.05) is 25.6 Å². The highest BCUT2D eigenvalue weighted by Crippen LogP contribution is 2.27. The fraction of sp³-hybridized carbons (Fsp3) is 0.333. The number of nitrogens with one attached hydrogen (secondary N) is 2.